The number of sulfonamides is 1. The van der Waals surface area contributed by atoms with Gasteiger partial charge in [0.2, 0.25) is 0 Å². The molecule has 1 N–H and O–H groups in total. The van der Waals surface area contributed by atoms with Gasteiger partial charge in [0.15, 0.2) is 5.65 Å². The van der Waals surface area contributed by atoms with Gasteiger partial charge >= 0.3 is 6.09 Å². The van der Waals surface area contributed by atoms with Crippen molar-refractivity contribution in [2.24, 2.45) is 0 Å². The van der Waals surface area contributed by atoms with E-state index in [-0.39, 0.29) is 18.6 Å². The number of benzene rings is 1. The normalized spacial score (nSPS) is 12.5. The number of nitrogens with zero attached hydrogens (tertiary/aromatic N) is 4. The van der Waals surface area contributed by atoms with Crippen LogP contribution in [-0.4, -0.2) is 34.7 Å². The van der Waals surface area contributed by atoms with Crippen LogP contribution < -0.4 is 9.62 Å². The Morgan fingerprint density at radius 2 is 2.09 bits per heavy atom. The summed E-state index contributed by atoms with van der Waals surface area (Å²) in [6.07, 6.45) is 1.01. The fourth-order valence-corrected chi connectivity index (χ4v) is 3.66. The second-order valence-electron chi connectivity index (χ2n) is 8.81. The highest BCUT2D eigenvalue weighted by molar-refractivity contribution is 7.95. The molecule has 1 aromatic carbocycles. The lowest BCUT2D eigenvalue weighted by atomic mass is 10.1. The van der Waals surface area contributed by atoms with E-state index in [2.05, 4.69) is 21.4 Å². The van der Waals surface area contributed by atoms with Crippen molar-refractivity contribution in [1.29, 1.82) is 0 Å². The Morgan fingerprint density at radius 1 is 1.36 bits per heavy atom. The van der Waals surface area contributed by atoms with Gasteiger partial charge in [-0.3, -0.25) is 9.62 Å². The van der Waals surface area contributed by atoms with Crippen LogP contribution in [0.25, 0.3) is 5.65 Å². The third-order valence-corrected chi connectivity index (χ3v) is 5.57. The molecule has 0 fully saturated rings. The van der Waals surface area contributed by atoms with E-state index in [1.165, 1.54) is 15.5 Å². The van der Waals surface area contributed by atoms with E-state index < -0.39 is 21.7 Å². The second kappa shape index (κ2) is 9.22. The first-order chi connectivity index (χ1) is 15.8. The van der Waals surface area contributed by atoms with Gasteiger partial charge < -0.3 is 4.74 Å². The monoisotopic (exact) mass is 472 g/mol. The van der Waals surface area contributed by atoms with Gasteiger partial charge in [-0.05, 0) is 50.5 Å². The highest BCUT2D eigenvalue weighted by Gasteiger charge is 2.26. The summed E-state index contributed by atoms with van der Waals surface area (Å²) >= 11 is 0. The largest absolute Gasteiger partial charge is 0.443 e. The first kappa shape index (κ1) is 22.8. The Hall–Kier alpha value is -3.40. The van der Waals surface area contributed by atoms with Gasteiger partial charge in [0, 0.05) is 22.8 Å². The summed E-state index contributed by atoms with van der Waals surface area (Å²) in [5.41, 5.74) is 1.52. The van der Waals surface area contributed by atoms with Crippen LogP contribution in [-0.2, 0) is 21.3 Å². The number of carbonyl (C=O) groups excluding carboxylic acids is 1. The Kier molecular flexibility index (Phi) is 6.37. The Morgan fingerprint density at radius 3 is 2.73 bits per heavy atom. The highest BCUT2D eigenvalue weighted by atomic mass is 32.2. The van der Waals surface area contributed by atoms with E-state index in [0.29, 0.717) is 22.7 Å². The van der Waals surface area contributed by atoms with Crippen molar-refractivity contribution in [2.75, 3.05) is 9.62 Å². The molecular formula is C23H29N5O4S. The average molecular weight is 473 g/mol. The minimum atomic E-state index is -3.69. The molecule has 0 saturated carbocycles. The molecule has 3 aromatic rings. The van der Waals surface area contributed by atoms with Gasteiger partial charge in [-0.15, -0.1) is 0 Å². The van der Waals surface area contributed by atoms with E-state index in [1.807, 2.05) is 13.8 Å². The number of fused-ring (bicyclic) bond motifs is 1. The maximum Gasteiger partial charge on any atom is 0.416 e. The van der Waals surface area contributed by atoms with Gasteiger partial charge in [0.05, 0.1) is 14.1 Å². The van der Waals surface area contributed by atoms with Crippen molar-refractivity contribution in [3.63, 3.8) is 0 Å². The molecule has 2 heterocycles. The molecule has 0 unspecified atom stereocenters. The van der Waals surface area contributed by atoms with Gasteiger partial charge in [-0.25, -0.2) is 18.2 Å². The van der Waals surface area contributed by atoms with Crippen LogP contribution in [0.2, 0.25) is 0 Å². The fourth-order valence-electron chi connectivity index (χ4n) is 3.12. The molecule has 176 valence electrons. The maximum absolute atomic E-state index is 13.3. The minimum Gasteiger partial charge on any atom is -0.443 e. The van der Waals surface area contributed by atoms with E-state index >= 15 is 0 Å². The number of hydrogen-bond donors (Lipinski definition) is 1. The third-order valence-electron chi connectivity index (χ3n) is 4.61. The zero-order valence-electron chi connectivity index (χ0n) is 20.4. The van der Waals surface area contributed by atoms with E-state index in [4.69, 9.17) is 6.11 Å². The summed E-state index contributed by atoms with van der Waals surface area (Å²) in [4.78, 5) is 18.9. The summed E-state index contributed by atoms with van der Waals surface area (Å²) < 4.78 is 41.5. The number of ether oxygens (including phenoxy) is 1. The van der Waals surface area contributed by atoms with Crippen molar-refractivity contribution >= 4 is 33.3 Å². The second-order valence-corrected chi connectivity index (χ2v) is 10.4. The molecule has 0 aliphatic rings. The summed E-state index contributed by atoms with van der Waals surface area (Å²) in [6, 6.07) is 8.08. The first-order valence-corrected chi connectivity index (χ1v) is 11.9. The maximum atomic E-state index is 13.3. The number of amides is 1. The number of anilines is 2. The lowest BCUT2D eigenvalue weighted by Gasteiger charge is -2.27. The molecule has 0 atom stereocenters. The number of aromatic nitrogens is 3. The molecule has 33 heavy (non-hydrogen) atoms. The Labute approximate surface area is 195 Å². The van der Waals surface area contributed by atoms with Crippen LogP contribution in [0.3, 0.4) is 0 Å². The van der Waals surface area contributed by atoms with Crippen LogP contribution >= 0.6 is 0 Å². The number of hydrogen-bond acceptors (Lipinski definition) is 6. The predicted molar refractivity (Wildman–Crippen MR) is 129 cm³/mol. The quantitative estimate of drug-likeness (QED) is 0.535. The summed E-state index contributed by atoms with van der Waals surface area (Å²) in [5.74, 6) is 0.428. The predicted octanol–water partition coefficient (Wildman–Crippen LogP) is 4.68. The lowest BCUT2D eigenvalue weighted by molar-refractivity contribution is 0.0575. The van der Waals surface area contributed by atoms with Gasteiger partial charge in [-0.2, -0.15) is 9.61 Å². The third kappa shape index (κ3) is 5.89. The molecule has 9 nitrogen and oxygen atoms in total. The number of carbonyl (C=O) groups is 1. The molecule has 3 rings (SSSR count). The summed E-state index contributed by atoms with van der Waals surface area (Å²) in [5, 5.41) is 5.24. The molecule has 10 heteroatoms. The van der Waals surface area contributed by atoms with Gasteiger partial charge in [-0.1, -0.05) is 32.6 Å². The van der Waals surface area contributed by atoms with Crippen LogP contribution in [0.15, 0.2) is 54.7 Å². The molecule has 1 amide bonds. The fraction of sp³-hybridized carbons (Fsp3) is 0.348. The average Bonchev–Trinajstić information content (AvgIpc) is 3.14. The van der Waals surface area contributed by atoms with Crippen molar-refractivity contribution in [3.05, 3.63) is 65.8 Å². The van der Waals surface area contributed by atoms with Crippen LogP contribution in [0.1, 0.15) is 53.0 Å². The molecule has 0 aliphatic carbocycles. The van der Waals surface area contributed by atoms with Crippen molar-refractivity contribution in [1.82, 2.24) is 14.6 Å². The molecule has 0 radical (unpaired) electrons. The summed E-state index contributed by atoms with van der Waals surface area (Å²) in [6.45, 7) is 12.6. The number of nitrogens with one attached hydrogen (secondary N) is 1. The molecule has 2 aromatic heterocycles. The Bertz CT molecular complexity index is 1330. The topological polar surface area (TPSA) is 106 Å². The van der Waals surface area contributed by atoms with E-state index in [0.717, 1.165) is 11.0 Å². The van der Waals surface area contributed by atoms with Crippen LogP contribution in [0, 0.1) is 0 Å². The van der Waals surface area contributed by atoms with Crippen molar-refractivity contribution < 1.29 is 19.3 Å². The molecule has 0 spiro atoms. The van der Waals surface area contributed by atoms with Crippen molar-refractivity contribution in [3.8, 4) is 0 Å². The van der Waals surface area contributed by atoms with E-state index in [1.54, 1.807) is 51.2 Å². The first-order valence-electron chi connectivity index (χ1n) is 10.9. The zero-order chi connectivity index (χ0) is 25.3. The van der Waals surface area contributed by atoms with Gasteiger partial charge in [0.1, 0.15) is 11.4 Å². The molecular weight excluding hydrogens is 442 g/mol. The summed E-state index contributed by atoms with van der Waals surface area (Å²) in [7, 11) is -3.69. The Balaban J connectivity index is 2.10. The molecule has 0 bridgehead atoms. The van der Waals surface area contributed by atoms with E-state index in [9.17, 15) is 13.2 Å². The van der Waals surface area contributed by atoms with Gasteiger partial charge in [0.25, 0.3) is 10.0 Å². The smallest absolute Gasteiger partial charge is 0.416 e. The molecule has 0 aliphatic heterocycles. The number of rotatable bonds is 7. The standard InChI is InChI=1S/C23H29N5O4S/c1-7-33(30,31)26-18-10-8-9-17(13-18)15-27(22(29)32-23(4,5)6)20-11-12-24-21-19(16(2)3)14-25-28(20)21/h7-14,16,26H,1,15H2,2-6H3/i12D. The minimum absolute atomic E-state index is 0.0223. The highest BCUT2D eigenvalue weighted by Crippen LogP contribution is 2.26. The molecule has 0 saturated heterocycles. The van der Waals surface area contributed by atoms with Crippen LogP contribution in [0.4, 0.5) is 16.3 Å². The SMILES string of the molecule is [2H]c1cc(N(Cc2cccc(NS(=O)(=O)C=C)c2)C(=O)OC(C)(C)C)n2ncc(C(C)C)c2n1. The van der Waals surface area contributed by atoms with Crippen molar-refractivity contribution in [2.45, 2.75) is 52.7 Å². The zero-order valence-corrected chi connectivity index (χ0v) is 20.2. The lowest BCUT2D eigenvalue weighted by Crippen LogP contribution is -2.37. The van der Waals surface area contributed by atoms with Crippen LogP contribution in [0.5, 0.6) is 0 Å².